The van der Waals surface area contributed by atoms with Crippen molar-refractivity contribution in [2.45, 2.75) is 51.0 Å². The van der Waals surface area contributed by atoms with Crippen molar-refractivity contribution in [2.75, 3.05) is 6.54 Å². The van der Waals surface area contributed by atoms with Crippen molar-refractivity contribution < 1.29 is 8.42 Å². The van der Waals surface area contributed by atoms with Gasteiger partial charge in [0.15, 0.2) is 0 Å². The Hall–Kier alpha value is -1.66. The van der Waals surface area contributed by atoms with Crippen LogP contribution in [-0.4, -0.2) is 24.7 Å². The molecule has 124 valence electrons. The summed E-state index contributed by atoms with van der Waals surface area (Å²) in [4.78, 5) is 0.361. The van der Waals surface area contributed by atoms with Crippen LogP contribution in [0.25, 0.3) is 0 Å². The minimum Gasteiger partial charge on any atom is -0.268 e. The topological polar surface area (TPSA) is 64.0 Å². The molecule has 1 heterocycles. The molecule has 0 saturated carbocycles. The molecule has 1 aliphatic rings. The largest absolute Gasteiger partial charge is 0.268 e. The molecule has 0 unspecified atom stereocenters. The highest BCUT2D eigenvalue weighted by Gasteiger charge is 2.18. The molecule has 5 nitrogen and oxygen atoms in total. The molecule has 0 fully saturated rings. The molecule has 2 aromatic rings. The van der Waals surface area contributed by atoms with Gasteiger partial charge < -0.3 is 0 Å². The number of nitrogens with zero attached hydrogens (tertiary/aromatic N) is 2. The first-order valence-electron chi connectivity index (χ1n) is 8.08. The molecule has 1 aromatic heterocycles. The van der Waals surface area contributed by atoms with Crippen LogP contribution in [0, 0.1) is 13.8 Å². The number of hydrogen-bond acceptors (Lipinski definition) is 3. The molecule has 0 spiro atoms. The molecular weight excluding hydrogens is 310 g/mol. The highest BCUT2D eigenvalue weighted by molar-refractivity contribution is 7.89. The van der Waals surface area contributed by atoms with Crippen LogP contribution in [-0.2, 0) is 29.4 Å². The van der Waals surface area contributed by atoms with Crippen molar-refractivity contribution >= 4 is 10.0 Å². The van der Waals surface area contributed by atoms with E-state index < -0.39 is 10.0 Å². The fraction of sp³-hybridized carbons (Fsp3) is 0.471. The van der Waals surface area contributed by atoms with Crippen LogP contribution < -0.4 is 4.72 Å². The zero-order valence-corrected chi connectivity index (χ0v) is 14.5. The summed E-state index contributed by atoms with van der Waals surface area (Å²) in [5.41, 5.74) is 4.28. The van der Waals surface area contributed by atoms with Crippen molar-refractivity contribution in [1.29, 1.82) is 0 Å². The molecule has 0 saturated heterocycles. The molecule has 0 bridgehead atoms. The minimum atomic E-state index is -3.48. The van der Waals surface area contributed by atoms with Crippen LogP contribution in [0.3, 0.4) is 0 Å². The molecule has 1 aromatic carbocycles. The van der Waals surface area contributed by atoms with Crippen LogP contribution >= 0.6 is 0 Å². The minimum absolute atomic E-state index is 0.351. The number of rotatable bonds is 5. The Morgan fingerprint density at radius 3 is 2.83 bits per heavy atom. The van der Waals surface area contributed by atoms with Gasteiger partial charge in [-0.3, -0.25) is 4.68 Å². The zero-order chi connectivity index (χ0) is 16.4. The second-order valence-electron chi connectivity index (χ2n) is 6.21. The van der Waals surface area contributed by atoms with Gasteiger partial charge in [0.25, 0.3) is 0 Å². The lowest BCUT2D eigenvalue weighted by Crippen LogP contribution is -2.29. The van der Waals surface area contributed by atoms with Crippen molar-refractivity contribution in [1.82, 2.24) is 14.5 Å². The van der Waals surface area contributed by atoms with E-state index in [9.17, 15) is 8.42 Å². The summed E-state index contributed by atoms with van der Waals surface area (Å²) in [5, 5.41) is 4.40. The maximum absolute atomic E-state index is 12.5. The number of hydrogen-bond donors (Lipinski definition) is 1. The lowest BCUT2D eigenvalue weighted by Gasteiger charge is -2.14. The Bertz CT molecular complexity index is 809. The maximum atomic E-state index is 12.5. The van der Waals surface area contributed by atoms with E-state index in [1.165, 1.54) is 24.1 Å². The van der Waals surface area contributed by atoms with Gasteiger partial charge in [0.1, 0.15) is 0 Å². The molecule has 3 rings (SSSR count). The number of fused-ring (bicyclic) bond motifs is 1. The Labute approximate surface area is 137 Å². The van der Waals surface area contributed by atoms with Gasteiger partial charge in [-0.15, -0.1) is 0 Å². The quantitative estimate of drug-likeness (QED) is 0.913. The van der Waals surface area contributed by atoms with Crippen LogP contribution in [0.1, 0.15) is 35.2 Å². The van der Waals surface area contributed by atoms with Gasteiger partial charge in [-0.1, -0.05) is 12.1 Å². The molecular formula is C17H23N3O2S. The third-order valence-electron chi connectivity index (χ3n) is 4.39. The van der Waals surface area contributed by atoms with E-state index in [0.717, 1.165) is 24.0 Å². The van der Waals surface area contributed by atoms with E-state index in [4.69, 9.17) is 0 Å². The first kappa shape index (κ1) is 16.2. The monoisotopic (exact) mass is 333 g/mol. The molecule has 23 heavy (non-hydrogen) atoms. The average Bonchev–Trinajstić information content (AvgIpc) is 2.93. The highest BCUT2D eigenvalue weighted by atomic mass is 32.2. The first-order chi connectivity index (χ1) is 11.0. The first-order valence-corrected chi connectivity index (χ1v) is 9.56. The Kier molecular flexibility index (Phi) is 4.55. The standard InChI is InChI=1S/C17H23N3O2S/c1-13-7-8-14(2)17(11-13)23(21,22)19-9-10-20-16-6-4-3-5-15(16)12-18-20/h7-8,11-12,19H,3-6,9-10H2,1-2H3. The van der Waals surface area contributed by atoms with E-state index in [-0.39, 0.29) is 0 Å². The SMILES string of the molecule is Cc1ccc(C)c(S(=O)(=O)NCCn2ncc3c2CCCC3)c1. The van der Waals surface area contributed by atoms with Crippen LogP contribution in [0.5, 0.6) is 0 Å². The highest BCUT2D eigenvalue weighted by Crippen LogP contribution is 2.20. The summed E-state index contributed by atoms with van der Waals surface area (Å²) in [7, 11) is -3.48. The zero-order valence-electron chi connectivity index (χ0n) is 13.7. The number of sulfonamides is 1. The molecule has 0 aliphatic heterocycles. The van der Waals surface area contributed by atoms with E-state index in [0.29, 0.717) is 18.0 Å². The number of aryl methyl sites for hydroxylation is 3. The second-order valence-corrected chi connectivity index (χ2v) is 7.95. The summed E-state index contributed by atoms with van der Waals surface area (Å²) < 4.78 is 29.6. The van der Waals surface area contributed by atoms with E-state index in [2.05, 4.69) is 9.82 Å². The van der Waals surface area contributed by atoms with Crippen molar-refractivity contribution in [3.63, 3.8) is 0 Å². The fourth-order valence-electron chi connectivity index (χ4n) is 3.11. The third kappa shape index (κ3) is 3.48. The Balaban J connectivity index is 1.68. The van der Waals surface area contributed by atoms with E-state index in [1.807, 2.05) is 36.9 Å². The Morgan fingerprint density at radius 2 is 2.00 bits per heavy atom. The van der Waals surface area contributed by atoms with Crippen LogP contribution in [0.4, 0.5) is 0 Å². The van der Waals surface area contributed by atoms with Crippen LogP contribution in [0.15, 0.2) is 29.3 Å². The van der Waals surface area contributed by atoms with Gasteiger partial charge in [0.2, 0.25) is 10.0 Å². The predicted molar refractivity (Wildman–Crippen MR) is 90.0 cm³/mol. The normalized spacial score (nSPS) is 14.7. The number of aromatic nitrogens is 2. The van der Waals surface area contributed by atoms with Crippen LogP contribution in [0.2, 0.25) is 0 Å². The van der Waals surface area contributed by atoms with E-state index in [1.54, 1.807) is 6.07 Å². The van der Waals surface area contributed by atoms with Gasteiger partial charge in [-0.2, -0.15) is 5.10 Å². The van der Waals surface area contributed by atoms with Gasteiger partial charge in [0, 0.05) is 12.2 Å². The summed E-state index contributed by atoms with van der Waals surface area (Å²) in [6.07, 6.45) is 6.46. The van der Waals surface area contributed by atoms with Gasteiger partial charge in [-0.25, -0.2) is 13.1 Å². The van der Waals surface area contributed by atoms with E-state index >= 15 is 0 Å². The molecule has 6 heteroatoms. The summed E-state index contributed by atoms with van der Waals surface area (Å²) in [5.74, 6) is 0. The van der Waals surface area contributed by atoms with Gasteiger partial charge in [-0.05, 0) is 62.3 Å². The fourth-order valence-corrected chi connectivity index (χ4v) is 4.46. The molecule has 0 amide bonds. The number of nitrogens with one attached hydrogen (secondary N) is 1. The van der Waals surface area contributed by atoms with Crippen molar-refractivity contribution in [3.05, 3.63) is 46.8 Å². The molecule has 1 N–H and O–H groups in total. The van der Waals surface area contributed by atoms with Crippen molar-refractivity contribution in [3.8, 4) is 0 Å². The third-order valence-corrected chi connectivity index (χ3v) is 6.00. The molecule has 1 aliphatic carbocycles. The van der Waals surface area contributed by atoms with Crippen molar-refractivity contribution in [2.24, 2.45) is 0 Å². The second kappa shape index (κ2) is 6.45. The lowest BCUT2D eigenvalue weighted by atomic mass is 9.98. The smallest absolute Gasteiger partial charge is 0.240 e. The molecule has 0 atom stereocenters. The predicted octanol–water partition coefficient (Wildman–Crippen LogP) is 2.36. The summed E-state index contributed by atoms with van der Waals surface area (Å²) in [6, 6.07) is 5.48. The number of benzene rings is 1. The summed E-state index contributed by atoms with van der Waals surface area (Å²) in [6.45, 7) is 4.63. The average molecular weight is 333 g/mol. The summed E-state index contributed by atoms with van der Waals surface area (Å²) >= 11 is 0. The van der Waals surface area contributed by atoms with Gasteiger partial charge in [0.05, 0.1) is 17.6 Å². The maximum Gasteiger partial charge on any atom is 0.240 e. The van der Waals surface area contributed by atoms with Gasteiger partial charge >= 0.3 is 0 Å². The molecule has 0 radical (unpaired) electrons. The lowest BCUT2D eigenvalue weighted by molar-refractivity contribution is 0.538. The Morgan fingerprint density at radius 1 is 1.22 bits per heavy atom.